The van der Waals surface area contributed by atoms with Crippen LogP contribution in [0.4, 0.5) is 10.5 Å². The Kier molecular flexibility index (Phi) is 8.36. The summed E-state index contributed by atoms with van der Waals surface area (Å²) in [5, 5.41) is 15.0. The minimum atomic E-state index is -4.00. The van der Waals surface area contributed by atoms with Crippen molar-refractivity contribution in [3.63, 3.8) is 0 Å². The van der Waals surface area contributed by atoms with E-state index in [2.05, 4.69) is 10.6 Å². The average Bonchev–Trinajstić information content (AvgIpc) is 3.16. The summed E-state index contributed by atoms with van der Waals surface area (Å²) in [4.78, 5) is 23.0. The Bertz CT molecular complexity index is 1300. The van der Waals surface area contributed by atoms with Crippen LogP contribution < -0.4 is 15.4 Å². The number of urea groups is 1. The van der Waals surface area contributed by atoms with Gasteiger partial charge in [0.05, 0.1) is 23.1 Å². The number of carbonyl (C=O) groups excluding carboxylic acids is 1. The molecule has 35 heavy (non-hydrogen) atoms. The van der Waals surface area contributed by atoms with Crippen molar-refractivity contribution in [1.29, 1.82) is 0 Å². The van der Waals surface area contributed by atoms with Gasteiger partial charge >= 0.3 is 12.0 Å². The molecule has 0 bridgehead atoms. The Morgan fingerprint density at radius 3 is 2.46 bits per heavy atom. The van der Waals surface area contributed by atoms with Crippen molar-refractivity contribution >= 4 is 38.6 Å². The molecule has 0 aliphatic heterocycles. The molecule has 1 aromatic heterocycles. The molecular formula is C24H29N3O7S. The summed E-state index contributed by atoms with van der Waals surface area (Å²) in [5.41, 5.74) is 1.43. The number of anilines is 1. The number of carboxylic acid groups (broad SMARTS) is 1. The van der Waals surface area contributed by atoms with E-state index in [4.69, 9.17) is 14.6 Å². The molecule has 11 heteroatoms. The number of hydrogen-bond donors (Lipinski definition) is 3. The van der Waals surface area contributed by atoms with Gasteiger partial charge in [-0.3, -0.25) is 4.79 Å². The summed E-state index contributed by atoms with van der Waals surface area (Å²) in [6, 6.07) is 10.4. The van der Waals surface area contributed by atoms with Gasteiger partial charge in [0, 0.05) is 37.3 Å². The normalized spacial score (nSPS) is 11.5. The van der Waals surface area contributed by atoms with Gasteiger partial charge in [0.15, 0.2) is 0 Å². The quantitative estimate of drug-likeness (QED) is 0.341. The van der Waals surface area contributed by atoms with Crippen LogP contribution in [0.15, 0.2) is 53.6 Å². The van der Waals surface area contributed by atoms with E-state index in [0.717, 1.165) is 3.97 Å². The van der Waals surface area contributed by atoms with Gasteiger partial charge in [-0.15, -0.1) is 0 Å². The molecule has 0 spiro atoms. The lowest BCUT2D eigenvalue weighted by Gasteiger charge is -2.11. The Morgan fingerprint density at radius 2 is 1.83 bits per heavy atom. The number of hydrogen-bond acceptors (Lipinski definition) is 6. The summed E-state index contributed by atoms with van der Waals surface area (Å²) in [5.74, 6) is -0.406. The molecule has 0 radical (unpaired) electrons. The molecular weight excluding hydrogens is 474 g/mol. The van der Waals surface area contributed by atoms with Crippen molar-refractivity contribution in [3.8, 4) is 5.75 Å². The van der Waals surface area contributed by atoms with Crippen LogP contribution in [0.3, 0.4) is 0 Å². The number of carboxylic acids is 1. The van der Waals surface area contributed by atoms with E-state index in [1.807, 2.05) is 13.8 Å². The van der Waals surface area contributed by atoms with Gasteiger partial charge in [0.2, 0.25) is 0 Å². The van der Waals surface area contributed by atoms with E-state index < -0.39 is 22.0 Å². The van der Waals surface area contributed by atoms with Crippen LogP contribution in [-0.2, 0) is 26.0 Å². The van der Waals surface area contributed by atoms with E-state index >= 15 is 0 Å². The molecule has 3 aromatic rings. The number of methoxy groups -OCH3 is 1. The summed E-state index contributed by atoms with van der Waals surface area (Å²) < 4.78 is 38.7. The SMILES string of the molecule is COCCNC(=O)Nc1ccc(S(=O)(=O)n2cc(CCC(=O)O)c3cc(OC(C)C)ccc32)cc1. The molecule has 2 aromatic carbocycles. The highest BCUT2D eigenvalue weighted by atomic mass is 32.2. The lowest BCUT2D eigenvalue weighted by Crippen LogP contribution is -2.31. The number of benzene rings is 2. The molecule has 0 fully saturated rings. The lowest BCUT2D eigenvalue weighted by molar-refractivity contribution is -0.136. The van der Waals surface area contributed by atoms with Crippen LogP contribution in [0.1, 0.15) is 25.8 Å². The van der Waals surface area contributed by atoms with Gasteiger partial charge in [-0.05, 0) is 68.3 Å². The molecule has 0 aliphatic rings. The fraction of sp³-hybridized carbons (Fsp3) is 0.333. The molecule has 10 nitrogen and oxygen atoms in total. The first-order valence-corrected chi connectivity index (χ1v) is 12.5. The zero-order valence-corrected chi connectivity index (χ0v) is 20.6. The maximum absolute atomic E-state index is 13.5. The number of carbonyl (C=O) groups is 2. The van der Waals surface area contributed by atoms with Gasteiger partial charge in [0.25, 0.3) is 10.0 Å². The predicted molar refractivity (Wildman–Crippen MR) is 132 cm³/mol. The number of nitrogens with zero attached hydrogens (tertiary/aromatic N) is 1. The highest BCUT2D eigenvalue weighted by molar-refractivity contribution is 7.90. The van der Waals surface area contributed by atoms with Crippen LogP contribution in [-0.4, -0.2) is 55.9 Å². The van der Waals surface area contributed by atoms with Crippen molar-refractivity contribution < 1.29 is 32.6 Å². The van der Waals surface area contributed by atoms with Crippen LogP contribution in [0.2, 0.25) is 0 Å². The largest absolute Gasteiger partial charge is 0.491 e. The van der Waals surface area contributed by atoms with Crippen molar-refractivity contribution in [3.05, 3.63) is 54.2 Å². The van der Waals surface area contributed by atoms with Gasteiger partial charge in [-0.25, -0.2) is 17.2 Å². The number of amides is 2. The summed E-state index contributed by atoms with van der Waals surface area (Å²) in [7, 11) is -2.47. The minimum Gasteiger partial charge on any atom is -0.491 e. The maximum Gasteiger partial charge on any atom is 0.319 e. The average molecular weight is 504 g/mol. The van der Waals surface area contributed by atoms with Crippen LogP contribution in [0.5, 0.6) is 5.75 Å². The number of fused-ring (bicyclic) bond motifs is 1. The Labute approximate surface area is 203 Å². The molecule has 0 atom stereocenters. The van der Waals surface area contributed by atoms with Crippen molar-refractivity contribution in [2.45, 2.75) is 37.7 Å². The molecule has 1 heterocycles. The monoisotopic (exact) mass is 503 g/mol. The first kappa shape index (κ1) is 26.0. The van der Waals surface area contributed by atoms with Gasteiger partial charge in [0.1, 0.15) is 5.75 Å². The fourth-order valence-electron chi connectivity index (χ4n) is 3.50. The second-order valence-corrected chi connectivity index (χ2v) is 9.91. The van der Waals surface area contributed by atoms with Gasteiger partial charge in [-0.2, -0.15) is 0 Å². The molecule has 3 rings (SSSR count). The molecule has 188 valence electrons. The van der Waals surface area contributed by atoms with Gasteiger partial charge < -0.3 is 25.2 Å². The van der Waals surface area contributed by atoms with E-state index in [0.29, 0.717) is 41.1 Å². The highest BCUT2D eigenvalue weighted by Gasteiger charge is 2.22. The second kappa shape index (κ2) is 11.2. The highest BCUT2D eigenvalue weighted by Crippen LogP contribution is 2.31. The Morgan fingerprint density at radius 1 is 1.11 bits per heavy atom. The number of rotatable bonds is 11. The van der Waals surface area contributed by atoms with Crippen LogP contribution >= 0.6 is 0 Å². The number of aliphatic carboxylic acids is 1. The summed E-state index contributed by atoms with van der Waals surface area (Å²) in [6.07, 6.45) is 1.41. The van der Waals surface area contributed by atoms with E-state index in [1.54, 1.807) is 18.2 Å². The van der Waals surface area contributed by atoms with Crippen LogP contribution in [0, 0.1) is 0 Å². The Hall–Kier alpha value is -3.57. The van der Waals surface area contributed by atoms with Crippen molar-refractivity contribution in [2.75, 3.05) is 25.6 Å². The fourth-order valence-corrected chi connectivity index (χ4v) is 4.89. The standard InChI is InChI=1S/C24H29N3O7S/c1-16(2)34-19-7-10-22-21(14-19)17(4-11-23(28)29)15-27(22)35(31,32)20-8-5-18(6-9-20)26-24(30)25-12-13-33-3/h5-10,14-16H,4,11-13H2,1-3H3,(H,28,29)(H2,25,26,30). The Balaban J connectivity index is 1.92. The number of nitrogens with one attached hydrogen (secondary N) is 2. The van der Waals surface area contributed by atoms with E-state index in [1.165, 1.54) is 37.6 Å². The second-order valence-electron chi connectivity index (χ2n) is 8.09. The lowest BCUT2D eigenvalue weighted by atomic mass is 10.1. The number of ether oxygens (including phenoxy) is 2. The van der Waals surface area contributed by atoms with Crippen LogP contribution in [0.25, 0.3) is 10.9 Å². The van der Waals surface area contributed by atoms with Gasteiger partial charge in [-0.1, -0.05) is 0 Å². The summed E-state index contributed by atoms with van der Waals surface area (Å²) in [6.45, 7) is 4.47. The topological polar surface area (TPSA) is 136 Å². The van der Waals surface area contributed by atoms with E-state index in [9.17, 15) is 18.0 Å². The minimum absolute atomic E-state index is 0.0204. The molecule has 2 amide bonds. The molecule has 3 N–H and O–H groups in total. The third-order valence-corrected chi connectivity index (χ3v) is 6.75. The third-order valence-electron chi connectivity index (χ3n) is 5.07. The van der Waals surface area contributed by atoms with E-state index in [-0.39, 0.29) is 23.8 Å². The third kappa shape index (κ3) is 6.52. The molecule has 0 saturated heterocycles. The first-order chi connectivity index (χ1) is 16.6. The molecule has 0 aliphatic carbocycles. The summed E-state index contributed by atoms with van der Waals surface area (Å²) >= 11 is 0. The zero-order valence-electron chi connectivity index (χ0n) is 19.8. The van der Waals surface area contributed by atoms with Crippen molar-refractivity contribution in [2.24, 2.45) is 0 Å². The predicted octanol–water partition coefficient (Wildman–Crippen LogP) is 3.45. The molecule has 0 unspecified atom stereocenters. The number of aryl methyl sites for hydroxylation is 1. The maximum atomic E-state index is 13.5. The zero-order chi connectivity index (χ0) is 25.6. The smallest absolute Gasteiger partial charge is 0.319 e. The number of aromatic nitrogens is 1. The first-order valence-electron chi connectivity index (χ1n) is 11.0. The molecule has 0 saturated carbocycles. The van der Waals surface area contributed by atoms with Crippen molar-refractivity contribution in [1.82, 2.24) is 9.29 Å².